The molecule has 0 fully saturated rings. The number of hydrogen-bond donors (Lipinski definition) is 0. The Kier molecular flexibility index (Phi) is 5.63. The lowest BCUT2D eigenvalue weighted by Gasteiger charge is -2.48. The summed E-state index contributed by atoms with van der Waals surface area (Å²) < 4.78 is 2.74. The molecule has 0 radical (unpaired) electrons. The van der Waals surface area contributed by atoms with Gasteiger partial charge in [0.2, 0.25) is 0 Å². The van der Waals surface area contributed by atoms with Crippen molar-refractivity contribution in [3.05, 3.63) is 11.3 Å². The van der Waals surface area contributed by atoms with Crippen LogP contribution in [0.1, 0.15) is 69.2 Å². The van der Waals surface area contributed by atoms with Gasteiger partial charge in [-0.25, -0.2) is 4.67 Å². The second kappa shape index (κ2) is 5.64. The first-order valence-corrected chi connectivity index (χ1v) is 10.8. The lowest BCUT2D eigenvalue weighted by molar-refractivity contribution is 0.244. The Bertz CT molecular complexity index is 350. The number of nitrogens with zero attached hydrogens (tertiary/aromatic N) is 1. The minimum Gasteiger partial charge on any atom is -0.249 e. The van der Waals surface area contributed by atoms with Gasteiger partial charge in [0, 0.05) is 5.41 Å². The maximum Gasteiger partial charge on any atom is 0.0964 e. The molecule has 0 bridgehead atoms. The maximum absolute atomic E-state index is 2.74. The van der Waals surface area contributed by atoms with E-state index >= 15 is 0 Å². The molecule has 0 saturated heterocycles. The van der Waals surface area contributed by atoms with E-state index in [0.29, 0.717) is 0 Å². The zero-order valence-corrected chi connectivity index (χ0v) is 17.3. The summed E-state index contributed by atoms with van der Waals surface area (Å²) in [7, 11) is -1.15. The van der Waals surface area contributed by atoms with E-state index in [2.05, 4.69) is 93.9 Å². The van der Waals surface area contributed by atoms with E-state index in [4.69, 9.17) is 0 Å². The van der Waals surface area contributed by atoms with Crippen LogP contribution in [0.5, 0.6) is 0 Å². The molecule has 0 aliphatic heterocycles. The molecule has 120 valence electrons. The Morgan fingerprint density at radius 3 is 1.20 bits per heavy atom. The van der Waals surface area contributed by atoms with Crippen LogP contribution in [0.25, 0.3) is 0 Å². The van der Waals surface area contributed by atoms with Gasteiger partial charge in [0.15, 0.2) is 0 Å². The average Bonchev–Trinajstić information content (AvgIpc) is 2.04. The van der Waals surface area contributed by atoms with E-state index in [1.807, 2.05) is 0 Å². The van der Waals surface area contributed by atoms with Crippen molar-refractivity contribution in [3.8, 4) is 0 Å². The van der Waals surface area contributed by atoms with Crippen molar-refractivity contribution in [1.29, 1.82) is 0 Å². The summed E-state index contributed by atoms with van der Waals surface area (Å²) in [6, 6.07) is 0. The van der Waals surface area contributed by atoms with Crippen LogP contribution in [0.3, 0.4) is 0 Å². The van der Waals surface area contributed by atoms with Gasteiger partial charge in [-0.05, 0) is 38.7 Å². The van der Waals surface area contributed by atoms with Crippen molar-refractivity contribution in [1.82, 2.24) is 4.67 Å². The lowest BCUT2D eigenvalue weighted by atomic mass is 9.78. The van der Waals surface area contributed by atoms with Gasteiger partial charge in [-0.1, -0.05) is 41.5 Å². The smallest absolute Gasteiger partial charge is 0.0964 e. The van der Waals surface area contributed by atoms with Crippen LogP contribution in [0.2, 0.25) is 0 Å². The van der Waals surface area contributed by atoms with E-state index in [0.717, 1.165) is 0 Å². The van der Waals surface area contributed by atoms with E-state index < -0.39 is 7.41 Å². The third-order valence-electron chi connectivity index (χ3n) is 3.64. The highest BCUT2D eigenvalue weighted by molar-refractivity contribution is 7.71. The van der Waals surface area contributed by atoms with Gasteiger partial charge in [0.25, 0.3) is 0 Å². The fourth-order valence-corrected chi connectivity index (χ4v) is 5.78. The Balaban J connectivity index is 6.42. The minimum atomic E-state index is -1.15. The van der Waals surface area contributed by atoms with Crippen molar-refractivity contribution in [2.75, 3.05) is 20.0 Å². The second-order valence-electron chi connectivity index (χ2n) is 9.90. The highest BCUT2D eigenvalue weighted by Crippen LogP contribution is 2.60. The summed E-state index contributed by atoms with van der Waals surface area (Å²) in [5, 5.41) is 0. The highest BCUT2D eigenvalue weighted by atomic mass is 31.2. The van der Waals surface area contributed by atoms with Crippen molar-refractivity contribution in [2.24, 2.45) is 10.8 Å². The first-order chi connectivity index (χ1) is 8.40. The fourth-order valence-electron chi connectivity index (χ4n) is 2.93. The zero-order chi connectivity index (χ0) is 16.7. The van der Waals surface area contributed by atoms with Crippen LogP contribution in [0, 0.1) is 10.8 Å². The standard InChI is InChI=1S/C18H39NP/c1-14(16(2,3)4)15(17(5,6)7)19(18(8,9)10)20(11,12)13/h1-13H3/q+1/b15-14-. The molecule has 0 aliphatic rings. The molecule has 0 amide bonds. The SMILES string of the molecule is C/C(=C(/N(C(C)(C)C)[P+](C)(C)C)C(C)(C)C)C(C)(C)C. The molecule has 0 atom stereocenters. The first-order valence-electron chi connectivity index (χ1n) is 7.74. The normalized spacial score (nSPS) is 16.1. The van der Waals surface area contributed by atoms with Crippen molar-refractivity contribution < 1.29 is 0 Å². The largest absolute Gasteiger partial charge is 0.249 e. The molecule has 0 aromatic rings. The quantitative estimate of drug-likeness (QED) is 0.543. The molecule has 20 heavy (non-hydrogen) atoms. The van der Waals surface area contributed by atoms with E-state index in [1.54, 1.807) is 5.70 Å². The monoisotopic (exact) mass is 300 g/mol. The van der Waals surface area contributed by atoms with E-state index in [-0.39, 0.29) is 16.4 Å². The van der Waals surface area contributed by atoms with E-state index in [1.165, 1.54) is 5.57 Å². The Morgan fingerprint density at radius 1 is 0.700 bits per heavy atom. The summed E-state index contributed by atoms with van der Waals surface area (Å²) in [5.74, 6) is 0. The molecule has 0 heterocycles. The molecule has 1 nitrogen and oxygen atoms in total. The molecule has 2 heteroatoms. The molecule has 0 saturated carbocycles. The molecule has 0 aliphatic carbocycles. The van der Waals surface area contributed by atoms with Crippen molar-refractivity contribution >= 4 is 7.41 Å². The van der Waals surface area contributed by atoms with Crippen LogP contribution in [-0.4, -0.2) is 30.2 Å². The van der Waals surface area contributed by atoms with Crippen LogP contribution in [0.15, 0.2) is 11.3 Å². The number of rotatable bonds is 2. The van der Waals surface area contributed by atoms with E-state index in [9.17, 15) is 0 Å². The van der Waals surface area contributed by atoms with Crippen LogP contribution in [-0.2, 0) is 0 Å². The molecule has 0 rings (SSSR count). The highest BCUT2D eigenvalue weighted by Gasteiger charge is 2.44. The van der Waals surface area contributed by atoms with Gasteiger partial charge in [-0.2, -0.15) is 0 Å². The molecular formula is C18H39NP+. The number of hydrogen-bond acceptors (Lipinski definition) is 1. The van der Waals surface area contributed by atoms with Gasteiger partial charge in [-0.15, -0.1) is 0 Å². The molecular weight excluding hydrogens is 261 g/mol. The van der Waals surface area contributed by atoms with Crippen LogP contribution < -0.4 is 0 Å². The van der Waals surface area contributed by atoms with Crippen LogP contribution >= 0.6 is 7.41 Å². The van der Waals surface area contributed by atoms with Gasteiger partial charge in [-0.3, -0.25) is 0 Å². The lowest BCUT2D eigenvalue weighted by Crippen LogP contribution is -2.44. The van der Waals surface area contributed by atoms with Crippen molar-refractivity contribution in [3.63, 3.8) is 0 Å². The van der Waals surface area contributed by atoms with Crippen LogP contribution in [0.4, 0.5) is 0 Å². The summed E-state index contributed by atoms with van der Waals surface area (Å²) in [6.45, 7) is 30.7. The minimum absolute atomic E-state index is 0.154. The van der Waals surface area contributed by atoms with Gasteiger partial charge >= 0.3 is 0 Å². The van der Waals surface area contributed by atoms with Gasteiger partial charge < -0.3 is 0 Å². The Morgan fingerprint density at radius 2 is 1.05 bits per heavy atom. The zero-order valence-electron chi connectivity index (χ0n) is 16.4. The fraction of sp³-hybridized carbons (Fsp3) is 0.889. The topological polar surface area (TPSA) is 3.24 Å². The molecule has 0 N–H and O–H groups in total. The molecule has 0 aromatic carbocycles. The predicted octanol–water partition coefficient (Wildman–Crippen LogP) is 6.28. The molecule has 0 unspecified atom stereocenters. The Labute approximate surface area is 129 Å². The third kappa shape index (κ3) is 5.06. The van der Waals surface area contributed by atoms with Crippen molar-refractivity contribution in [2.45, 2.75) is 74.8 Å². The third-order valence-corrected chi connectivity index (χ3v) is 5.64. The number of allylic oxidation sites excluding steroid dienone is 2. The average molecular weight is 300 g/mol. The summed E-state index contributed by atoms with van der Waals surface area (Å²) >= 11 is 0. The molecule has 0 aromatic heterocycles. The first kappa shape index (κ1) is 20.0. The van der Waals surface area contributed by atoms with Gasteiger partial charge in [0.1, 0.15) is 0 Å². The summed E-state index contributed by atoms with van der Waals surface area (Å²) in [6.07, 6.45) is 0. The van der Waals surface area contributed by atoms with Gasteiger partial charge in [0.05, 0.1) is 38.6 Å². The second-order valence-corrected chi connectivity index (χ2v) is 14.2. The summed E-state index contributed by atoms with van der Waals surface area (Å²) in [5.41, 5.74) is 3.59. The predicted molar refractivity (Wildman–Crippen MR) is 97.9 cm³/mol. The summed E-state index contributed by atoms with van der Waals surface area (Å²) in [4.78, 5) is 0. The Hall–Kier alpha value is -0.0300. The maximum atomic E-state index is 2.74. The molecule has 0 spiro atoms.